The number of aromatic amines is 1. The number of methoxy groups -OCH3 is 1. The van der Waals surface area contributed by atoms with Gasteiger partial charge in [-0.2, -0.15) is 0 Å². The van der Waals surface area contributed by atoms with Gasteiger partial charge >= 0.3 is 0 Å². The lowest BCUT2D eigenvalue weighted by Gasteiger charge is -2.05. The topological polar surface area (TPSA) is 37.9 Å². The lowest BCUT2D eigenvalue weighted by molar-refractivity contribution is 0.419. The highest BCUT2D eigenvalue weighted by molar-refractivity contribution is 6.20. The number of para-hydroxylation sites is 1. The molecule has 2 aromatic heterocycles. The summed E-state index contributed by atoms with van der Waals surface area (Å²) in [6, 6.07) is 14.4. The van der Waals surface area contributed by atoms with Crippen molar-refractivity contribution in [2.75, 3.05) is 7.11 Å². The quantitative estimate of drug-likeness (QED) is 0.555. The minimum absolute atomic E-state index is 0.801. The van der Waals surface area contributed by atoms with Crippen molar-refractivity contribution < 1.29 is 4.74 Å². The Hall–Kier alpha value is -2.55. The van der Waals surface area contributed by atoms with Crippen LogP contribution >= 0.6 is 0 Å². The molecule has 2 heterocycles. The molecule has 0 aliphatic carbocycles. The van der Waals surface area contributed by atoms with E-state index in [1.807, 2.05) is 18.2 Å². The van der Waals surface area contributed by atoms with E-state index in [9.17, 15) is 0 Å². The van der Waals surface area contributed by atoms with Gasteiger partial charge in [0.15, 0.2) is 0 Å². The van der Waals surface area contributed by atoms with Gasteiger partial charge in [0, 0.05) is 33.9 Å². The van der Waals surface area contributed by atoms with Crippen LogP contribution < -0.4 is 4.74 Å². The monoisotopic (exact) mass is 248 g/mol. The van der Waals surface area contributed by atoms with Gasteiger partial charge in [0.05, 0.1) is 12.6 Å². The van der Waals surface area contributed by atoms with Crippen molar-refractivity contribution >= 4 is 32.7 Å². The largest absolute Gasteiger partial charge is 0.494 e. The molecule has 1 N–H and O–H groups in total. The lowest BCUT2D eigenvalue weighted by Crippen LogP contribution is -1.88. The highest BCUT2D eigenvalue weighted by atomic mass is 16.5. The summed E-state index contributed by atoms with van der Waals surface area (Å²) in [7, 11) is 1.68. The number of ether oxygens (including phenoxy) is 1. The van der Waals surface area contributed by atoms with Gasteiger partial charge in [-0.05, 0) is 12.1 Å². The molecule has 0 unspecified atom stereocenters. The predicted molar refractivity (Wildman–Crippen MR) is 77.7 cm³/mol. The average molecular weight is 248 g/mol. The first-order valence-corrected chi connectivity index (χ1v) is 6.20. The van der Waals surface area contributed by atoms with Crippen molar-refractivity contribution in [3.63, 3.8) is 0 Å². The zero-order chi connectivity index (χ0) is 12.8. The summed E-state index contributed by atoms with van der Waals surface area (Å²) in [5, 5.41) is 3.55. The van der Waals surface area contributed by atoms with Crippen molar-refractivity contribution in [2.45, 2.75) is 0 Å². The van der Waals surface area contributed by atoms with E-state index in [0.717, 1.165) is 27.7 Å². The Balaban J connectivity index is 2.34. The number of rotatable bonds is 1. The van der Waals surface area contributed by atoms with Crippen molar-refractivity contribution in [3.8, 4) is 5.75 Å². The van der Waals surface area contributed by atoms with Crippen LogP contribution in [-0.4, -0.2) is 17.1 Å². The van der Waals surface area contributed by atoms with Gasteiger partial charge in [0.1, 0.15) is 11.3 Å². The maximum atomic E-state index is 5.45. The zero-order valence-electron chi connectivity index (χ0n) is 10.5. The molecule has 0 aliphatic rings. The number of nitrogens with zero attached hydrogens (tertiary/aromatic N) is 1. The molecule has 0 spiro atoms. The second-order valence-electron chi connectivity index (χ2n) is 4.57. The molecule has 0 saturated heterocycles. The number of hydrogen-bond acceptors (Lipinski definition) is 2. The van der Waals surface area contributed by atoms with Crippen molar-refractivity contribution in [2.24, 2.45) is 0 Å². The third kappa shape index (κ3) is 1.35. The molecular weight excluding hydrogens is 236 g/mol. The van der Waals surface area contributed by atoms with Crippen LogP contribution in [0.3, 0.4) is 0 Å². The standard InChI is InChI=1S/C16H12N2O/c1-19-14-9-13-15(11-6-4-8-17-16(11)14)10-5-2-3-7-12(10)18-13/h2-9,18H,1H3. The van der Waals surface area contributed by atoms with Crippen LogP contribution in [0, 0.1) is 0 Å². The third-order valence-electron chi connectivity index (χ3n) is 3.54. The second kappa shape index (κ2) is 3.72. The minimum Gasteiger partial charge on any atom is -0.494 e. The molecule has 0 fully saturated rings. The number of benzene rings is 2. The van der Waals surface area contributed by atoms with E-state index in [1.165, 1.54) is 10.8 Å². The highest BCUT2D eigenvalue weighted by Crippen LogP contribution is 2.36. The summed E-state index contributed by atoms with van der Waals surface area (Å²) in [5.41, 5.74) is 3.12. The molecule has 92 valence electrons. The molecule has 19 heavy (non-hydrogen) atoms. The molecular formula is C16H12N2O. The Bertz CT molecular complexity index is 908. The second-order valence-corrected chi connectivity index (χ2v) is 4.57. The third-order valence-corrected chi connectivity index (χ3v) is 3.54. The molecule has 0 radical (unpaired) electrons. The Morgan fingerprint density at radius 1 is 1.00 bits per heavy atom. The van der Waals surface area contributed by atoms with Gasteiger partial charge in [0.2, 0.25) is 0 Å². The Labute approximate surface area is 109 Å². The van der Waals surface area contributed by atoms with Gasteiger partial charge in [0.25, 0.3) is 0 Å². The molecule has 4 rings (SSSR count). The molecule has 0 bridgehead atoms. The van der Waals surface area contributed by atoms with E-state index < -0.39 is 0 Å². The molecule has 0 atom stereocenters. The zero-order valence-corrected chi connectivity index (χ0v) is 10.5. The fourth-order valence-corrected chi connectivity index (χ4v) is 2.72. The van der Waals surface area contributed by atoms with Crippen LogP contribution in [0.25, 0.3) is 32.7 Å². The molecule has 2 aromatic carbocycles. The number of nitrogens with one attached hydrogen (secondary N) is 1. The van der Waals surface area contributed by atoms with E-state index in [1.54, 1.807) is 13.3 Å². The van der Waals surface area contributed by atoms with Crippen LogP contribution in [0.5, 0.6) is 5.75 Å². The smallest absolute Gasteiger partial charge is 0.147 e. The number of hydrogen-bond donors (Lipinski definition) is 1. The summed E-state index contributed by atoms with van der Waals surface area (Å²) < 4.78 is 5.45. The van der Waals surface area contributed by atoms with Gasteiger partial charge in [-0.15, -0.1) is 0 Å². The van der Waals surface area contributed by atoms with Crippen molar-refractivity contribution in [1.82, 2.24) is 9.97 Å². The maximum absolute atomic E-state index is 5.45. The fraction of sp³-hybridized carbons (Fsp3) is 0.0625. The number of aromatic nitrogens is 2. The van der Waals surface area contributed by atoms with Crippen LogP contribution in [0.1, 0.15) is 0 Å². The van der Waals surface area contributed by atoms with Crippen LogP contribution in [0.2, 0.25) is 0 Å². The van der Waals surface area contributed by atoms with Crippen LogP contribution in [0.15, 0.2) is 48.7 Å². The van der Waals surface area contributed by atoms with Crippen LogP contribution in [-0.2, 0) is 0 Å². The molecule has 3 heteroatoms. The Kier molecular flexibility index (Phi) is 2.03. The molecule has 0 amide bonds. The SMILES string of the molecule is COc1cc2[nH]c3ccccc3c2c2cccnc12. The average Bonchev–Trinajstić information content (AvgIpc) is 2.84. The van der Waals surface area contributed by atoms with E-state index in [0.29, 0.717) is 0 Å². The summed E-state index contributed by atoms with van der Waals surface area (Å²) in [6.45, 7) is 0. The van der Waals surface area contributed by atoms with E-state index >= 15 is 0 Å². The minimum atomic E-state index is 0.801. The first kappa shape index (κ1) is 10.4. The lowest BCUT2D eigenvalue weighted by atomic mass is 10.1. The molecule has 0 aliphatic heterocycles. The van der Waals surface area contributed by atoms with Crippen molar-refractivity contribution in [1.29, 1.82) is 0 Å². The molecule has 4 aromatic rings. The summed E-state index contributed by atoms with van der Waals surface area (Å²) >= 11 is 0. The van der Waals surface area contributed by atoms with Crippen LogP contribution in [0.4, 0.5) is 0 Å². The Morgan fingerprint density at radius 3 is 2.74 bits per heavy atom. The summed E-state index contributed by atoms with van der Waals surface area (Å²) in [4.78, 5) is 7.89. The van der Waals surface area contributed by atoms with Crippen molar-refractivity contribution in [3.05, 3.63) is 48.7 Å². The number of pyridine rings is 1. The van der Waals surface area contributed by atoms with Gasteiger partial charge in [-0.25, -0.2) is 0 Å². The van der Waals surface area contributed by atoms with E-state index in [-0.39, 0.29) is 0 Å². The van der Waals surface area contributed by atoms with Gasteiger partial charge < -0.3 is 9.72 Å². The van der Waals surface area contributed by atoms with E-state index in [2.05, 4.69) is 34.2 Å². The van der Waals surface area contributed by atoms with E-state index in [4.69, 9.17) is 4.74 Å². The fourth-order valence-electron chi connectivity index (χ4n) is 2.72. The predicted octanol–water partition coefficient (Wildman–Crippen LogP) is 3.88. The van der Waals surface area contributed by atoms with Gasteiger partial charge in [-0.3, -0.25) is 4.98 Å². The normalized spacial score (nSPS) is 11.4. The number of fused-ring (bicyclic) bond motifs is 5. The summed E-state index contributed by atoms with van der Waals surface area (Å²) in [6.07, 6.45) is 1.80. The maximum Gasteiger partial charge on any atom is 0.147 e. The first-order chi connectivity index (χ1) is 9.38. The molecule has 3 nitrogen and oxygen atoms in total. The Morgan fingerprint density at radius 2 is 1.84 bits per heavy atom. The summed E-state index contributed by atoms with van der Waals surface area (Å²) in [5.74, 6) is 0.801. The molecule has 0 saturated carbocycles. The first-order valence-electron chi connectivity index (χ1n) is 6.20. The number of H-pyrrole nitrogens is 1. The highest BCUT2D eigenvalue weighted by Gasteiger charge is 2.12. The van der Waals surface area contributed by atoms with Gasteiger partial charge in [-0.1, -0.05) is 24.3 Å².